The Morgan fingerprint density at radius 2 is 2.21 bits per heavy atom. The number of hydrogen-bond acceptors (Lipinski definition) is 2. The molecule has 0 aliphatic carbocycles. The smallest absolute Gasteiger partial charge is 0.102 e. The van der Waals surface area contributed by atoms with Crippen molar-refractivity contribution in [2.75, 3.05) is 0 Å². The highest BCUT2D eigenvalue weighted by Crippen LogP contribution is 2.26. The summed E-state index contributed by atoms with van der Waals surface area (Å²) in [7, 11) is 0. The van der Waals surface area contributed by atoms with Crippen LogP contribution in [0, 0.1) is 14.9 Å². The number of hydrogen-bond donors (Lipinski definition) is 0. The first kappa shape index (κ1) is 9.87. The predicted octanol–water partition coefficient (Wildman–Crippen LogP) is 3.47. The fraction of sp³-hybridized carbons (Fsp3) is 0. The molecule has 68 valence electrons. The van der Waals surface area contributed by atoms with Crippen LogP contribution in [-0.2, 0) is 0 Å². The van der Waals surface area contributed by atoms with Crippen molar-refractivity contribution in [2.24, 2.45) is 0 Å². The zero-order chi connectivity index (χ0) is 10.1. The number of rotatable bonds is 0. The Bertz CT molecular complexity index is 546. The first-order valence-electron chi connectivity index (χ1n) is 3.86. The molecule has 0 saturated heterocycles. The average molecular weight is 359 g/mol. The van der Waals surface area contributed by atoms with Crippen molar-refractivity contribution in [1.82, 2.24) is 4.98 Å². The molecule has 1 aromatic carbocycles. The molecule has 0 aliphatic heterocycles. The van der Waals surface area contributed by atoms with Gasteiger partial charge >= 0.3 is 0 Å². The highest BCUT2D eigenvalue weighted by atomic mass is 127. The molecular formula is C10H4BrIN2. The normalized spacial score (nSPS) is 10.1. The predicted molar refractivity (Wildman–Crippen MR) is 66.9 cm³/mol. The molecule has 0 saturated carbocycles. The van der Waals surface area contributed by atoms with Gasteiger partial charge < -0.3 is 0 Å². The van der Waals surface area contributed by atoms with Crippen LogP contribution in [0.15, 0.2) is 28.9 Å². The second-order valence-corrected chi connectivity index (χ2v) is 4.80. The summed E-state index contributed by atoms with van der Waals surface area (Å²) in [5.41, 5.74) is 1.47. The third-order valence-electron chi connectivity index (χ3n) is 1.88. The Balaban J connectivity index is 2.88. The summed E-state index contributed by atoms with van der Waals surface area (Å²) >= 11 is 5.65. The second-order valence-electron chi connectivity index (χ2n) is 2.76. The van der Waals surface area contributed by atoms with Gasteiger partial charge in [-0.15, -0.1) is 0 Å². The standard InChI is InChI=1S/C10H4BrIN2/c11-10-6(4-13)5-14-9-2-1-7(12)3-8(9)10/h1-3,5H. The fourth-order valence-electron chi connectivity index (χ4n) is 1.21. The molecule has 0 fully saturated rings. The van der Waals surface area contributed by atoms with Gasteiger partial charge in [0, 0.05) is 19.6 Å². The maximum atomic E-state index is 8.83. The minimum absolute atomic E-state index is 0.569. The van der Waals surface area contributed by atoms with Crippen LogP contribution < -0.4 is 0 Å². The van der Waals surface area contributed by atoms with Crippen LogP contribution in [0.5, 0.6) is 0 Å². The summed E-state index contributed by atoms with van der Waals surface area (Å²) < 4.78 is 1.95. The first-order valence-corrected chi connectivity index (χ1v) is 5.73. The van der Waals surface area contributed by atoms with Crippen molar-refractivity contribution in [2.45, 2.75) is 0 Å². The molecule has 14 heavy (non-hydrogen) atoms. The maximum absolute atomic E-state index is 8.83. The maximum Gasteiger partial charge on any atom is 0.102 e. The molecule has 0 radical (unpaired) electrons. The fourth-order valence-corrected chi connectivity index (χ4v) is 2.21. The van der Waals surface area contributed by atoms with Gasteiger partial charge in [-0.05, 0) is 56.7 Å². The minimum Gasteiger partial charge on any atom is -0.255 e. The first-order chi connectivity index (χ1) is 6.72. The van der Waals surface area contributed by atoms with E-state index in [4.69, 9.17) is 5.26 Å². The monoisotopic (exact) mass is 358 g/mol. The van der Waals surface area contributed by atoms with E-state index in [1.165, 1.54) is 0 Å². The van der Waals surface area contributed by atoms with E-state index in [9.17, 15) is 0 Å². The minimum atomic E-state index is 0.569. The van der Waals surface area contributed by atoms with Crippen LogP contribution in [0.1, 0.15) is 5.56 Å². The van der Waals surface area contributed by atoms with Gasteiger partial charge in [-0.2, -0.15) is 5.26 Å². The van der Waals surface area contributed by atoms with Crippen molar-refractivity contribution in [3.05, 3.63) is 38.0 Å². The lowest BCUT2D eigenvalue weighted by molar-refractivity contribution is 1.36. The Kier molecular flexibility index (Phi) is 2.70. The van der Waals surface area contributed by atoms with Crippen LogP contribution in [0.2, 0.25) is 0 Å². The second kappa shape index (κ2) is 3.83. The van der Waals surface area contributed by atoms with E-state index >= 15 is 0 Å². The average Bonchev–Trinajstić information content (AvgIpc) is 2.20. The Morgan fingerprint density at radius 3 is 2.93 bits per heavy atom. The lowest BCUT2D eigenvalue weighted by Crippen LogP contribution is -1.85. The summed E-state index contributed by atoms with van der Waals surface area (Å²) in [4.78, 5) is 4.20. The third-order valence-corrected chi connectivity index (χ3v) is 3.41. The van der Waals surface area contributed by atoms with Gasteiger partial charge in [-0.1, -0.05) is 0 Å². The van der Waals surface area contributed by atoms with Gasteiger partial charge in [-0.3, -0.25) is 4.98 Å². The van der Waals surface area contributed by atoms with Crippen LogP contribution in [-0.4, -0.2) is 4.98 Å². The van der Waals surface area contributed by atoms with Gasteiger partial charge in [0.2, 0.25) is 0 Å². The number of benzene rings is 1. The van der Waals surface area contributed by atoms with Gasteiger partial charge in [-0.25, -0.2) is 0 Å². The highest BCUT2D eigenvalue weighted by molar-refractivity contribution is 14.1. The molecular weight excluding hydrogens is 355 g/mol. The zero-order valence-corrected chi connectivity index (χ0v) is 10.7. The Labute approximate surface area is 103 Å². The van der Waals surface area contributed by atoms with Gasteiger partial charge in [0.15, 0.2) is 0 Å². The lowest BCUT2D eigenvalue weighted by atomic mass is 10.2. The number of fused-ring (bicyclic) bond motifs is 1. The third kappa shape index (κ3) is 1.62. The molecule has 0 bridgehead atoms. The molecule has 0 spiro atoms. The van der Waals surface area contributed by atoms with Crippen LogP contribution >= 0.6 is 38.5 Å². The van der Waals surface area contributed by atoms with E-state index in [0.717, 1.165) is 18.9 Å². The summed E-state index contributed by atoms with van der Waals surface area (Å²) in [6.07, 6.45) is 1.58. The molecule has 0 N–H and O–H groups in total. The molecule has 4 heteroatoms. The summed E-state index contributed by atoms with van der Waals surface area (Å²) in [5.74, 6) is 0. The van der Waals surface area contributed by atoms with E-state index in [-0.39, 0.29) is 0 Å². The summed E-state index contributed by atoms with van der Waals surface area (Å²) in [6.45, 7) is 0. The lowest BCUT2D eigenvalue weighted by Gasteiger charge is -2.01. The molecule has 0 amide bonds. The Hall–Kier alpha value is -0.670. The van der Waals surface area contributed by atoms with Crippen molar-refractivity contribution in [3.8, 4) is 6.07 Å². The molecule has 2 nitrogen and oxygen atoms in total. The number of halogens is 2. The van der Waals surface area contributed by atoms with E-state index < -0.39 is 0 Å². The van der Waals surface area contributed by atoms with E-state index in [0.29, 0.717) is 5.56 Å². The molecule has 2 rings (SSSR count). The van der Waals surface area contributed by atoms with Gasteiger partial charge in [0.05, 0.1) is 11.1 Å². The quantitative estimate of drug-likeness (QED) is 0.676. The molecule has 1 aromatic heterocycles. The largest absolute Gasteiger partial charge is 0.255 e. The van der Waals surface area contributed by atoms with Crippen LogP contribution in [0.4, 0.5) is 0 Å². The number of nitrogens with zero attached hydrogens (tertiary/aromatic N) is 2. The number of aromatic nitrogens is 1. The van der Waals surface area contributed by atoms with Gasteiger partial charge in [0.1, 0.15) is 6.07 Å². The SMILES string of the molecule is N#Cc1cnc2ccc(I)cc2c1Br. The van der Waals surface area contributed by atoms with E-state index in [2.05, 4.69) is 49.6 Å². The number of nitriles is 1. The molecule has 2 aromatic rings. The molecule has 0 unspecified atom stereocenters. The Morgan fingerprint density at radius 1 is 1.43 bits per heavy atom. The van der Waals surface area contributed by atoms with Gasteiger partial charge in [0.25, 0.3) is 0 Å². The topological polar surface area (TPSA) is 36.7 Å². The van der Waals surface area contributed by atoms with Crippen LogP contribution in [0.25, 0.3) is 10.9 Å². The van der Waals surface area contributed by atoms with Crippen molar-refractivity contribution in [1.29, 1.82) is 5.26 Å². The highest BCUT2D eigenvalue weighted by Gasteiger charge is 2.05. The summed E-state index contributed by atoms with van der Waals surface area (Å²) in [6, 6.07) is 8.04. The summed E-state index contributed by atoms with van der Waals surface area (Å²) in [5, 5.41) is 9.81. The molecule has 0 atom stereocenters. The van der Waals surface area contributed by atoms with Crippen molar-refractivity contribution >= 4 is 49.4 Å². The number of pyridine rings is 1. The van der Waals surface area contributed by atoms with Crippen molar-refractivity contribution < 1.29 is 0 Å². The van der Waals surface area contributed by atoms with Crippen LogP contribution in [0.3, 0.4) is 0 Å². The van der Waals surface area contributed by atoms with E-state index in [1.54, 1.807) is 6.20 Å². The zero-order valence-electron chi connectivity index (χ0n) is 6.96. The van der Waals surface area contributed by atoms with Crippen molar-refractivity contribution in [3.63, 3.8) is 0 Å². The molecule has 1 heterocycles. The van der Waals surface area contributed by atoms with E-state index in [1.807, 2.05) is 18.2 Å². The molecule has 0 aliphatic rings.